The third-order valence-electron chi connectivity index (χ3n) is 1.62. The Balaban J connectivity index is 0.000000437. The minimum atomic E-state index is -0.968. The fourth-order valence-corrected chi connectivity index (χ4v) is 0.934. The highest BCUT2D eigenvalue weighted by atomic mass is 32.1. The Morgan fingerprint density at radius 2 is 2.18 bits per heavy atom. The van der Waals surface area contributed by atoms with Crippen molar-refractivity contribution < 1.29 is 19.5 Å². The Bertz CT molecular complexity index is 333. The summed E-state index contributed by atoms with van der Waals surface area (Å²) < 4.78 is 0. The molecular formula is C8H14N4O4S. The lowest BCUT2D eigenvalue weighted by atomic mass is 10.3. The number of thiol groups is 1. The van der Waals surface area contributed by atoms with Gasteiger partial charge in [-0.05, 0) is 0 Å². The van der Waals surface area contributed by atoms with Gasteiger partial charge in [-0.1, -0.05) is 0 Å². The lowest BCUT2D eigenvalue weighted by Gasteiger charge is -2.13. The molecule has 0 aromatic rings. The maximum Gasteiger partial charge on any atom is 0.317 e. The van der Waals surface area contributed by atoms with Crippen LogP contribution in [-0.4, -0.2) is 59.0 Å². The molecule has 0 aliphatic carbocycles. The van der Waals surface area contributed by atoms with Crippen LogP contribution in [0.2, 0.25) is 0 Å². The number of amides is 2. The highest BCUT2D eigenvalue weighted by molar-refractivity contribution is 7.80. The molecule has 1 atom stereocenters. The fraction of sp³-hybridized carbons (Fsp3) is 0.500. The van der Waals surface area contributed by atoms with Crippen molar-refractivity contribution in [2.24, 2.45) is 16.5 Å². The van der Waals surface area contributed by atoms with E-state index in [1.54, 1.807) is 0 Å². The van der Waals surface area contributed by atoms with Gasteiger partial charge in [0, 0.05) is 5.75 Å². The third kappa shape index (κ3) is 5.43. The summed E-state index contributed by atoms with van der Waals surface area (Å²) in [5.74, 6) is -1.53. The average Bonchev–Trinajstić information content (AvgIpc) is 2.74. The first-order valence-electron chi connectivity index (χ1n) is 4.58. The molecule has 1 aliphatic rings. The first kappa shape index (κ1) is 15.6. The number of imide groups is 1. The van der Waals surface area contributed by atoms with Gasteiger partial charge in [-0.25, -0.2) is 4.90 Å². The van der Waals surface area contributed by atoms with Crippen LogP contribution < -0.4 is 11.5 Å². The van der Waals surface area contributed by atoms with Gasteiger partial charge in [0.05, 0.1) is 18.9 Å². The predicted octanol–water partition coefficient (Wildman–Crippen LogP) is -2.33. The van der Waals surface area contributed by atoms with Crippen molar-refractivity contribution in [3.8, 4) is 0 Å². The van der Waals surface area contributed by atoms with Crippen molar-refractivity contribution in [1.29, 1.82) is 0 Å². The maximum absolute atomic E-state index is 11.2. The quantitative estimate of drug-likeness (QED) is 0.421. The van der Waals surface area contributed by atoms with E-state index in [1.165, 1.54) is 6.34 Å². The first-order valence-corrected chi connectivity index (χ1v) is 5.21. The number of carbonyl (C=O) groups excluding carboxylic acids is 2. The number of carbonyl (C=O) groups is 3. The van der Waals surface area contributed by atoms with Crippen LogP contribution in [0.15, 0.2) is 4.99 Å². The molecule has 1 aliphatic heterocycles. The molecule has 1 rings (SSSR count). The maximum atomic E-state index is 11.2. The highest BCUT2D eigenvalue weighted by Crippen LogP contribution is 1.99. The van der Waals surface area contributed by atoms with Crippen LogP contribution in [0, 0.1) is 0 Å². The van der Waals surface area contributed by atoms with E-state index in [9.17, 15) is 14.4 Å². The lowest BCUT2D eigenvalue weighted by molar-refractivity contribution is -0.138. The van der Waals surface area contributed by atoms with Crippen molar-refractivity contribution in [2.45, 2.75) is 6.04 Å². The molecule has 0 saturated carbocycles. The SMILES string of the molecule is NCC(=O)O.N[C@@H](CS)C(=O)N1C=NCC1=O. The van der Waals surface area contributed by atoms with E-state index < -0.39 is 17.9 Å². The smallest absolute Gasteiger partial charge is 0.317 e. The number of nitrogens with zero attached hydrogens (tertiary/aromatic N) is 2. The summed E-state index contributed by atoms with van der Waals surface area (Å²) in [6, 6.07) is -0.734. The molecule has 5 N–H and O–H groups in total. The monoisotopic (exact) mass is 262 g/mol. The average molecular weight is 262 g/mol. The van der Waals surface area contributed by atoms with Gasteiger partial charge in [0.15, 0.2) is 0 Å². The number of nitrogens with two attached hydrogens (primary N) is 2. The van der Waals surface area contributed by atoms with Crippen molar-refractivity contribution in [2.75, 3.05) is 18.8 Å². The molecule has 96 valence electrons. The summed E-state index contributed by atoms with van der Waals surface area (Å²) >= 11 is 3.85. The number of hydrogen-bond donors (Lipinski definition) is 4. The summed E-state index contributed by atoms with van der Waals surface area (Å²) in [7, 11) is 0. The number of aliphatic imine (C=N–C) groups is 1. The molecule has 0 bridgehead atoms. The number of aliphatic carboxylic acids is 1. The molecule has 17 heavy (non-hydrogen) atoms. The van der Waals surface area contributed by atoms with Gasteiger partial charge in [-0.3, -0.25) is 19.4 Å². The van der Waals surface area contributed by atoms with E-state index >= 15 is 0 Å². The highest BCUT2D eigenvalue weighted by Gasteiger charge is 2.26. The van der Waals surface area contributed by atoms with Crippen LogP contribution in [0.5, 0.6) is 0 Å². The van der Waals surface area contributed by atoms with E-state index in [2.05, 4.69) is 23.4 Å². The number of carboxylic acid groups (broad SMARTS) is 1. The van der Waals surface area contributed by atoms with E-state index in [-0.39, 0.29) is 24.7 Å². The molecule has 0 saturated heterocycles. The zero-order valence-corrected chi connectivity index (χ0v) is 9.84. The van der Waals surface area contributed by atoms with Crippen molar-refractivity contribution in [3.05, 3.63) is 0 Å². The Morgan fingerprint density at radius 3 is 2.47 bits per heavy atom. The van der Waals surface area contributed by atoms with Gasteiger partial charge in [-0.2, -0.15) is 12.6 Å². The Morgan fingerprint density at radius 1 is 1.65 bits per heavy atom. The minimum absolute atomic E-state index is 0.0328. The summed E-state index contributed by atoms with van der Waals surface area (Å²) in [4.78, 5) is 36.0. The molecule has 0 aromatic carbocycles. The molecule has 0 unspecified atom stereocenters. The number of rotatable bonds is 3. The van der Waals surface area contributed by atoms with Crippen molar-refractivity contribution >= 4 is 36.8 Å². The zero-order valence-electron chi connectivity index (χ0n) is 8.94. The fourth-order valence-electron chi connectivity index (χ4n) is 0.778. The summed E-state index contributed by atoms with van der Waals surface area (Å²) in [6.45, 7) is -0.245. The van der Waals surface area contributed by atoms with Crippen molar-refractivity contribution in [1.82, 2.24) is 4.90 Å². The second-order valence-corrected chi connectivity index (χ2v) is 3.31. The summed E-state index contributed by atoms with van der Waals surface area (Å²) in [5, 5.41) is 7.60. The molecule has 0 aromatic heterocycles. The normalized spacial score (nSPS) is 15.2. The summed E-state index contributed by atoms with van der Waals surface area (Å²) in [5.41, 5.74) is 9.95. The van der Waals surface area contributed by atoms with Gasteiger partial charge in [0.1, 0.15) is 6.54 Å². The Hall–Kier alpha value is -1.45. The zero-order chi connectivity index (χ0) is 13.4. The number of hydrogen-bond acceptors (Lipinski definition) is 7. The van der Waals surface area contributed by atoms with E-state index in [0.717, 1.165) is 4.90 Å². The van der Waals surface area contributed by atoms with Crippen LogP contribution in [0.3, 0.4) is 0 Å². The van der Waals surface area contributed by atoms with Crippen LogP contribution in [0.25, 0.3) is 0 Å². The Labute approximate surface area is 103 Å². The largest absolute Gasteiger partial charge is 0.480 e. The van der Waals surface area contributed by atoms with Gasteiger partial charge >= 0.3 is 5.97 Å². The molecule has 2 amide bonds. The second kappa shape index (κ2) is 7.76. The predicted molar refractivity (Wildman–Crippen MR) is 63.7 cm³/mol. The number of carboxylic acids is 1. The van der Waals surface area contributed by atoms with Gasteiger partial charge < -0.3 is 16.6 Å². The van der Waals surface area contributed by atoms with Gasteiger partial charge in [0.2, 0.25) is 0 Å². The molecule has 8 nitrogen and oxygen atoms in total. The van der Waals surface area contributed by atoms with E-state index in [0.29, 0.717) is 0 Å². The molecule has 0 radical (unpaired) electrons. The molecule has 0 spiro atoms. The molecule has 0 fully saturated rings. The van der Waals surface area contributed by atoms with Crippen LogP contribution in [-0.2, 0) is 14.4 Å². The van der Waals surface area contributed by atoms with E-state index in [1.807, 2.05) is 0 Å². The molecular weight excluding hydrogens is 248 g/mol. The molecule has 9 heteroatoms. The first-order chi connectivity index (χ1) is 7.93. The van der Waals surface area contributed by atoms with Gasteiger partial charge in [-0.15, -0.1) is 0 Å². The van der Waals surface area contributed by atoms with Gasteiger partial charge in [0.25, 0.3) is 11.8 Å². The standard InChI is InChI=1S/C6H9N3O2S.C2H5NO2/c7-4(2-12)6(11)9-3-8-1-5(9)10;3-1-2(4)5/h3-4,12H,1-2,7H2;1,3H2,(H,4,5)/t4-;/m0./s1. The molecule has 1 heterocycles. The third-order valence-corrected chi connectivity index (χ3v) is 2.01. The van der Waals surface area contributed by atoms with Crippen LogP contribution in [0.1, 0.15) is 0 Å². The second-order valence-electron chi connectivity index (χ2n) is 2.95. The summed E-state index contributed by atoms with van der Waals surface area (Å²) in [6.07, 6.45) is 1.20. The minimum Gasteiger partial charge on any atom is -0.480 e. The lowest BCUT2D eigenvalue weighted by Crippen LogP contribution is -2.45. The van der Waals surface area contributed by atoms with Crippen LogP contribution >= 0.6 is 12.6 Å². The Kier molecular flexibility index (Phi) is 7.10. The topological polar surface area (TPSA) is 139 Å². The van der Waals surface area contributed by atoms with E-state index in [4.69, 9.17) is 10.8 Å². The van der Waals surface area contributed by atoms with Crippen LogP contribution in [0.4, 0.5) is 0 Å². The van der Waals surface area contributed by atoms with Crippen molar-refractivity contribution in [3.63, 3.8) is 0 Å².